The van der Waals surface area contributed by atoms with Crippen LogP contribution in [0.15, 0.2) is 103 Å². The number of hydrogen-bond acceptors (Lipinski definition) is 0. The van der Waals surface area contributed by atoms with Crippen LogP contribution in [-0.2, 0) is 5.41 Å². The Bertz CT molecular complexity index is 867. The minimum absolute atomic E-state index is 0.0802. The molecule has 1 atom stereocenters. The molecule has 3 aromatic carbocycles. The third-order valence-corrected chi connectivity index (χ3v) is 4.84. The Balaban J connectivity index is 2.42. The zero-order valence-electron chi connectivity index (χ0n) is 15.0. The second-order valence-corrected chi connectivity index (χ2v) is 6.47. The summed E-state index contributed by atoms with van der Waals surface area (Å²) in [4.78, 5) is 0. The van der Waals surface area contributed by atoms with Crippen LogP contribution >= 0.6 is 0 Å². The lowest BCUT2D eigenvalue weighted by atomic mass is 9.65. The van der Waals surface area contributed by atoms with Gasteiger partial charge in [0.05, 0.1) is 5.41 Å². The second-order valence-electron chi connectivity index (χ2n) is 6.47. The lowest BCUT2D eigenvalue weighted by Gasteiger charge is -2.41. The number of benzene rings is 3. The van der Waals surface area contributed by atoms with Gasteiger partial charge in [-0.25, -0.2) is 4.39 Å². The monoisotopic (exact) mass is 406 g/mol. The quantitative estimate of drug-likeness (QED) is 0.303. The van der Waals surface area contributed by atoms with Gasteiger partial charge in [-0.3, -0.25) is 0 Å². The summed E-state index contributed by atoms with van der Waals surface area (Å²) in [6.45, 7) is 0. The standard InChI is InChI=1S/C23H16F6/c24-19(20(25)26)23(28,29)21(27)22(16-10-4-1-5-11-16,17-12-6-2-7-13-17)18-14-8-3-9-15-18/h1-15,21H. The van der Waals surface area contributed by atoms with E-state index in [1.807, 2.05) is 0 Å². The molecule has 0 amide bonds. The van der Waals surface area contributed by atoms with Crippen molar-refractivity contribution >= 4 is 0 Å². The summed E-state index contributed by atoms with van der Waals surface area (Å²) in [5, 5.41) is 0. The minimum atomic E-state index is -5.07. The number of halogens is 6. The van der Waals surface area contributed by atoms with Gasteiger partial charge in [-0.2, -0.15) is 22.0 Å². The van der Waals surface area contributed by atoms with Crippen molar-refractivity contribution in [2.75, 3.05) is 0 Å². The van der Waals surface area contributed by atoms with Gasteiger partial charge in [-0.15, -0.1) is 0 Å². The highest BCUT2D eigenvalue weighted by atomic mass is 19.3. The first-order chi connectivity index (χ1) is 13.8. The van der Waals surface area contributed by atoms with Gasteiger partial charge in [0.25, 0.3) is 0 Å². The van der Waals surface area contributed by atoms with E-state index in [0.717, 1.165) is 0 Å². The molecule has 0 aliphatic heterocycles. The molecule has 0 aliphatic rings. The first kappa shape index (κ1) is 20.7. The summed E-state index contributed by atoms with van der Waals surface area (Å²) in [5.74, 6) is -8.14. The van der Waals surface area contributed by atoms with Gasteiger partial charge in [-0.05, 0) is 16.7 Å². The molecule has 3 aromatic rings. The average Bonchev–Trinajstić information content (AvgIpc) is 2.76. The van der Waals surface area contributed by atoms with Crippen molar-refractivity contribution in [2.24, 2.45) is 0 Å². The van der Waals surface area contributed by atoms with E-state index in [9.17, 15) is 22.0 Å². The minimum Gasteiger partial charge on any atom is -0.239 e. The van der Waals surface area contributed by atoms with E-state index in [4.69, 9.17) is 0 Å². The average molecular weight is 406 g/mol. The van der Waals surface area contributed by atoms with Crippen LogP contribution in [0.1, 0.15) is 16.7 Å². The van der Waals surface area contributed by atoms with Crippen LogP contribution in [0.4, 0.5) is 26.3 Å². The lowest BCUT2D eigenvalue weighted by molar-refractivity contribution is -0.0779. The fraction of sp³-hybridized carbons (Fsp3) is 0.130. The van der Waals surface area contributed by atoms with E-state index in [1.165, 1.54) is 72.8 Å². The zero-order chi connectivity index (χ0) is 21.1. The highest BCUT2D eigenvalue weighted by Gasteiger charge is 2.60. The maximum atomic E-state index is 15.8. The summed E-state index contributed by atoms with van der Waals surface area (Å²) in [7, 11) is 0. The van der Waals surface area contributed by atoms with Crippen LogP contribution in [0.25, 0.3) is 0 Å². The van der Waals surface area contributed by atoms with Crippen molar-refractivity contribution in [1.29, 1.82) is 0 Å². The van der Waals surface area contributed by atoms with Gasteiger partial charge < -0.3 is 0 Å². The molecule has 0 aliphatic carbocycles. The van der Waals surface area contributed by atoms with E-state index in [-0.39, 0.29) is 16.7 Å². The van der Waals surface area contributed by atoms with E-state index >= 15 is 4.39 Å². The fourth-order valence-electron chi connectivity index (χ4n) is 3.55. The van der Waals surface area contributed by atoms with Crippen molar-refractivity contribution in [1.82, 2.24) is 0 Å². The predicted octanol–water partition coefficient (Wildman–Crippen LogP) is 7.07. The molecule has 0 nitrogen and oxygen atoms in total. The highest BCUT2D eigenvalue weighted by Crippen LogP contribution is 2.50. The third kappa shape index (κ3) is 3.55. The number of rotatable bonds is 6. The Morgan fingerprint density at radius 2 is 0.897 bits per heavy atom. The summed E-state index contributed by atoms with van der Waals surface area (Å²) < 4.78 is 84.5. The molecular formula is C23H16F6. The highest BCUT2D eigenvalue weighted by molar-refractivity contribution is 5.53. The molecule has 0 fully saturated rings. The van der Waals surface area contributed by atoms with E-state index in [1.54, 1.807) is 18.2 Å². The summed E-state index contributed by atoms with van der Waals surface area (Å²) in [6.07, 6.45) is -6.61. The molecule has 0 spiro atoms. The van der Waals surface area contributed by atoms with Gasteiger partial charge in [0.2, 0.25) is 5.83 Å². The molecule has 150 valence electrons. The van der Waals surface area contributed by atoms with Gasteiger partial charge in [0, 0.05) is 0 Å². The van der Waals surface area contributed by atoms with Crippen molar-refractivity contribution in [3.05, 3.63) is 120 Å². The molecule has 29 heavy (non-hydrogen) atoms. The molecule has 1 unspecified atom stereocenters. The van der Waals surface area contributed by atoms with E-state index < -0.39 is 29.4 Å². The molecule has 0 radical (unpaired) electrons. The Hall–Kier alpha value is -3.02. The van der Waals surface area contributed by atoms with Gasteiger partial charge in [0.1, 0.15) is 0 Å². The van der Waals surface area contributed by atoms with Crippen LogP contribution < -0.4 is 0 Å². The second kappa shape index (κ2) is 8.15. The van der Waals surface area contributed by atoms with Crippen LogP contribution in [0, 0.1) is 0 Å². The Morgan fingerprint density at radius 1 is 0.586 bits per heavy atom. The van der Waals surface area contributed by atoms with Gasteiger partial charge in [0.15, 0.2) is 6.17 Å². The van der Waals surface area contributed by atoms with Crippen molar-refractivity contribution in [2.45, 2.75) is 17.5 Å². The largest absolute Gasteiger partial charge is 0.336 e. The summed E-state index contributed by atoms with van der Waals surface area (Å²) in [6, 6.07) is 22.4. The molecule has 6 heteroatoms. The molecule has 0 heterocycles. The Labute approximate surface area is 164 Å². The van der Waals surface area contributed by atoms with Crippen molar-refractivity contribution < 1.29 is 26.3 Å². The smallest absolute Gasteiger partial charge is 0.239 e. The number of allylic oxidation sites excluding steroid dienone is 1. The summed E-state index contributed by atoms with van der Waals surface area (Å²) >= 11 is 0. The molecule has 0 bridgehead atoms. The van der Waals surface area contributed by atoms with Gasteiger partial charge in [-0.1, -0.05) is 91.0 Å². The topological polar surface area (TPSA) is 0 Å². The third-order valence-electron chi connectivity index (χ3n) is 4.84. The molecule has 3 rings (SSSR count). The Kier molecular flexibility index (Phi) is 5.82. The molecule has 0 aromatic heterocycles. The summed E-state index contributed by atoms with van der Waals surface area (Å²) in [5.41, 5.74) is -2.00. The first-order valence-electron chi connectivity index (χ1n) is 8.72. The normalized spacial score (nSPS) is 13.0. The van der Waals surface area contributed by atoms with Crippen LogP contribution in [0.3, 0.4) is 0 Å². The maximum Gasteiger partial charge on any atom is 0.336 e. The molecule has 0 N–H and O–H groups in total. The fourth-order valence-corrected chi connectivity index (χ4v) is 3.55. The van der Waals surface area contributed by atoms with E-state index in [2.05, 4.69) is 0 Å². The van der Waals surface area contributed by atoms with Crippen molar-refractivity contribution in [3.63, 3.8) is 0 Å². The number of hydrogen-bond donors (Lipinski definition) is 0. The number of alkyl halides is 3. The molecular weight excluding hydrogens is 390 g/mol. The van der Waals surface area contributed by atoms with Crippen LogP contribution in [0.5, 0.6) is 0 Å². The van der Waals surface area contributed by atoms with Crippen LogP contribution in [0.2, 0.25) is 0 Å². The van der Waals surface area contributed by atoms with E-state index in [0.29, 0.717) is 0 Å². The first-order valence-corrected chi connectivity index (χ1v) is 8.72. The Morgan fingerprint density at radius 3 is 1.17 bits per heavy atom. The van der Waals surface area contributed by atoms with Crippen molar-refractivity contribution in [3.8, 4) is 0 Å². The predicted molar refractivity (Wildman–Crippen MR) is 99.4 cm³/mol. The van der Waals surface area contributed by atoms with Crippen LogP contribution in [-0.4, -0.2) is 12.1 Å². The SMILES string of the molecule is FC(F)=C(F)C(F)(F)C(F)C(c1ccccc1)(c1ccccc1)c1ccccc1. The maximum absolute atomic E-state index is 15.8. The molecule has 0 saturated carbocycles. The van der Waals surface area contributed by atoms with Gasteiger partial charge >= 0.3 is 12.0 Å². The zero-order valence-corrected chi connectivity index (χ0v) is 15.0. The lowest BCUT2D eigenvalue weighted by Crippen LogP contribution is -2.50. The molecule has 0 saturated heterocycles.